The molecule has 8 heteroatoms. The summed E-state index contributed by atoms with van der Waals surface area (Å²) >= 11 is 0. The average molecular weight is 426 g/mol. The number of hydrogen-bond donors (Lipinski definition) is 1. The fourth-order valence-corrected chi connectivity index (χ4v) is 4.66. The summed E-state index contributed by atoms with van der Waals surface area (Å²) in [5.41, 5.74) is 2.54. The Labute approximate surface area is 180 Å². The van der Waals surface area contributed by atoms with Crippen molar-refractivity contribution in [1.29, 1.82) is 0 Å². The number of methoxy groups -OCH3 is 2. The zero-order chi connectivity index (χ0) is 22.1. The summed E-state index contributed by atoms with van der Waals surface area (Å²) in [6, 6.07) is 5.29. The van der Waals surface area contributed by atoms with Crippen LogP contribution in [0, 0.1) is 0 Å². The van der Waals surface area contributed by atoms with Crippen LogP contribution in [0.1, 0.15) is 37.7 Å². The van der Waals surface area contributed by atoms with Crippen LogP contribution >= 0.6 is 0 Å². The van der Waals surface area contributed by atoms with E-state index in [2.05, 4.69) is 5.32 Å². The quantitative estimate of drug-likeness (QED) is 0.720. The number of fused-ring (bicyclic) bond motifs is 2. The summed E-state index contributed by atoms with van der Waals surface area (Å²) in [6.45, 7) is 2.83. The first-order valence-electron chi connectivity index (χ1n) is 10.5. The topological polar surface area (TPSA) is 94.2 Å². The van der Waals surface area contributed by atoms with Crippen molar-refractivity contribution < 1.29 is 28.6 Å². The van der Waals surface area contributed by atoms with Crippen LogP contribution in [0.5, 0.6) is 11.5 Å². The maximum Gasteiger partial charge on any atom is 0.337 e. The fourth-order valence-electron chi connectivity index (χ4n) is 4.66. The molecular formula is C23H26N2O6. The van der Waals surface area contributed by atoms with Crippen LogP contribution in [0.25, 0.3) is 0 Å². The van der Waals surface area contributed by atoms with E-state index in [0.29, 0.717) is 48.6 Å². The highest BCUT2D eigenvalue weighted by Crippen LogP contribution is 2.48. The summed E-state index contributed by atoms with van der Waals surface area (Å²) in [6.07, 6.45) is 1.81. The van der Waals surface area contributed by atoms with Crippen LogP contribution < -0.4 is 14.8 Å². The highest BCUT2D eigenvalue weighted by Gasteiger charge is 2.46. The number of rotatable bonds is 5. The van der Waals surface area contributed by atoms with Gasteiger partial charge in [-0.3, -0.25) is 9.59 Å². The summed E-state index contributed by atoms with van der Waals surface area (Å²) in [5, 5.41) is 2.83. The number of ketones is 1. The smallest absolute Gasteiger partial charge is 0.337 e. The van der Waals surface area contributed by atoms with E-state index < -0.39 is 11.9 Å². The molecule has 1 amide bonds. The second kappa shape index (κ2) is 8.45. The first-order chi connectivity index (χ1) is 15.0. The molecule has 4 rings (SSSR count). The van der Waals surface area contributed by atoms with Gasteiger partial charge >= 0.3 is 5.97 Å². The zero-order valence-electron chi connectivity index (χ0n) is 17.9. The summed E-state index contributed by atoms with van der Waals surface area (Å²) < 4.78 is 16.1. The molecule has 1 aromatic carbocycles. The molecule has 0 bridgehead atoms. The lowest BCUT2D eigenvalue weighted by atomic mass is 9.74. The Morgan fingerprint density at radius 2 is 1.94 bits per heavy atom. The number of ether oxygens (including phenoxy) is 3. The molecule has 0 aromatic heterocycles. The van der Waals surface area contributed by atoms with Gasteiger partial charge in [0.15, 0.2) is 17.3 Å². The number of piperazine rings is 1. The number of Topliss-reactive ketones (excluding diaryl/α,β-unsaturated/α-hetero) is 1. The number of esters is 1. The largest absolute Gasteiger partial charge is 0.493 e. The van der Waals surface area contributed by atoms with Crippen molar-refractivity contribution >= 4 is 17.7 Å². The minimum Gasteiger partial charge on any atom is -0.493 e. The second-order valence-electron chi connectivity index (χ2n) is 7.57. The third-order valence-electron chi connectivity index (χ3n) is 5.93. The molecule has 1 aromatic rings. The normalized spacial score (nSPS) is 20.7. The van der Waals surface area contributed by atoms with Crippen molar-refractivity contribution in [3.63, 3.8) is 0 Å². The van der Waals surface area contributed by atoms with Gasteiger partial charge in [0.05, 0.1) is 26.4 Å². The molecule has 1 saturated heterocycles. The lowest BCUT2D eigenvalue weighted by Gasteiger charge is -2.43. The van der Waals surface area contributed by atoms with Crippen molar-refractivity contribution in [3.05, 3.63) is 46.3 Å². The number of benzene rings is 1. The lowest BCUT2D eigenvalue weighted by Crippen LogP contribution is -2.50. The average Bonchev–Trinajstić information content (AvgIpc) is 2.78. The van der Waals surface area contributed by atoms with Gasteiger partial charge in [0.25, 0.3) is 5.91 Å². The van der Waals surface area contributed by atoms with Gasteiger partial charge in [-0.1, -0.05) is 6.07 Å². The van der Waals surface area contributed by atoms with E-state index in [0.717, 1.165) is 12.1 Å². The number of allylic oxidation sites excluding steroid dienone is 2. The van der Waals surface area contributed by atoms with Gasteiger partial charge in [-0.2, -0.15) is 0 Å². The van der Waals surface area contributed by atoms with Gasteiger partial charge in [-0.15, -0.1) is 0 Å². The Bertz CT molecular complexity index is 1010. The number of nitrogens with zero attached hydrogens (tertiary/aromatic N) is 1. The molecule has 0 spiro atoms. The third-order valence-corrected chi connectivity index (χ3v) is 5.93. The van der Waals surface area contributed by atoms with Crippen LogP contribution in [0.3, 0.4) is 0 Å². The van der Waals surface area contributed by atoms with Gasteiger partial charge in [-0.25, -0.2) is 4.79 Å². The predicted molar refractivity (Wildman–Crippen MR) is 112 cm³/mol. The minimum atomic E-state index is -0.711. The van der Waals surface area contributed by atoms with Crippen molar-refractivity contribution in [1.82, 2.24) is 10.2 Å². The summed E-state index contributed by atoms with van der Waals surface area (Å²) in [7, 11) is 3.07. The lowest BCUT2D eigenvalue weighted by molar-refractivity contribution is -0.139. The first-order valence-corrected chi connectivity index (χ1v) is 10.5. The molecule has 1 fully saturated rings. The fraction of sp³-hybridized carbons (Fsp3) is 0.435. The third kappa shape index (κ3) is 3.45. The monoisotopic (exact) mass is 426 g/mol. The highest BCUT2D eigenvalue weighted by atomic mass is 16.5. The molecule has 1 N–H and O–H groups in total. The van der Waals surface area contributed by atoms with E-state index in [-0.39, 0.29) is 29.6 Å². The number of carbonyl (C=O) groups is 3. The second-order valence-corrected chi connectivity index (χ2v) is 7.57. The molecule has 0 saturated carbocycles. The van der Waals surface area contributed by atoms with Crippen LogP contribution in [0.2, 0.25) is 0 Å². The summed E-state index contributed by atoms with van der Waals surface area (Å²) in [5.74, 6) is -0.624. The van der Waals surface area contributed by atoms with E-state index in [1.165, 1.54) is 7.11 Å². The van der Waals surface area contributed by atoms with E-state index in [9.17, 15) is 14.4 Å². The number of nitrogens with one attached hydrogen (secondary N) is 1. The Hall–Kier alpha value is -3.29. The van der Waals surface area contributed by atoms with Crippen molar-refractivity contribution in [2.75, 3.05) is 33.9 Å². The Morgan fingerprint density at radius 3 is 2.65 bits per heavy atom. The molecule has 8 nitrogen and oxygen atoms in total. The van der Waals surface area contributed by atoms with E-state index >= 15 is 0 Å². The van der Waals surface area contributed by atoms with Crippen molar-refractivity contribution in [3.8, 4) is 11.5 Å². The maximum absolute atomic E-state index is 13.2. The highest BCUT2D eigenvalue weighted by molar-refractivity contribution is 6.09. The Morgan fingerprint density at radius 1 is 1.16 bits per heavy atom. The van der Waals surface area contributed by atoms with Crippen LogP contribution in [-0.2, 0) is 19.1 Å². The van der Waals surface area contributed by atoms with E-state index in [1.807, 2.05) is 4.90 Å². The molecule has 2 heterocycles. The molecule has 1 aliphatic carbocycles. The number of amides is 1. The van der Waals surface area contributed by atoms with Crippen LogP contribution in [-0.4, -0.2) is 56.5 Å². The van der Waals surface area contributed by atoms with Gasteiger partial charge in [-0.05, 0) is 37.5 Å². The van der Waals surface area contributed by atoms with Gasteiger partial charge in [0.2, 0.25) is 0 Å². The molecule has 2 aliphatic heterocycles. The molecule has 31 heavy (non-hydrogen) atoms. The Balaban J connectivity index is 1.99. The van der Waals surface area contributed by atoms with Gasteiger partial charge in [0, 0.05) is 36.7 Å². The van der Waals surface area contributed by atoms with Crippen molar-refractivity contribution in [2.45, 2.75) is 32.1 Å². The standard InChI is InChI=1S/C23H26N2O6/c1-4-31-23(28)20-18(13-8-9-16(29-2)17(12-13)30-3)19-14(6-5-7-15(19)26)25-11-10-24-22(27)21(20)25/h8-9,12,18H,4-7,10-11H2,1-3H3,(H,24,27)/t18-/m1/s1. The SMILES string of the molecule is CCOC(=O)C1=C2C(=O)NCCN2C2=C(C(=O)CCC2)[C@H]1c1ccc(OC)c(OC)c1. The molecular weight excluding hydrogens is 400 g/mol. The Kier molecular flexibility index (Phi) is 5.71. The molecule has 0 unspecified atom stereocenters. The molecule has 3 aliphatic rings. The summed E-state index contributed by atoms with van der Waals surface area (Å²) in [4.78, 5) is 41.1. The number of hydrogen-bond acceptors (Lipinski definition) is 7. The van der Waals surface area contributed by atoms with Gasteiger partial charge in [0.1, 0.15) is 5.70 Å². The molecule has 0 radical (unpaired) electrons. The van der Waals surface area contributed by atoms with Crippen molar-refractivity contribution in [2.24, 2.45) is 0 Å². The van der Waals surface area contributed by atoms with E-state index in [4.69, 9.17) is 14.2 Å². The first kappa shape index (κ1) is 21.0. The zero-order valence-corrected chi connectivity index (χ0v) is 17.9. The van der Waals surface area contributed by atoms with Crippen LogP contribution in [0.15, 0.2) is 40.7 Å². The number of carbonyl (C=O) groups excluding carboxylic acids is 3. The molecule has 164 valence electrons. The molecule has 1 atom stereocenters. The maximum atomic E-state index is 13.2. The predicted octanol–water partition coefficient (Wildman–Crippen LogP) is 2.06. The van der Waals surface area contributed by atoms with E-state index in [1.54, 1.807) is 32.2 Å². The minimum absolute atomic E-state index is 0.00661. The van der Waals surface area contributed by atoms with Crippen LogP contribution in [0.4, 0.5) is 0 Å². The van der Waals surface area contributed by atoms with Gasteiger partial charge < -0.3 is 24.4 Å².